The van der Waals surface area contributed by atoms with Gasteiger partial charge in [0.1, 0.15) is 5.60 Å². The smallest absolute Gasteiger partial charge is 0.102 e. The first-order valence-electron chi connectivity index (χ1n) is 6.22. The lowest BCUT2D eigenvalue weighted by atomic mass is 9.95. The van der Waals surface area contributed by atoms with Gasteiger partial charge >= 0.3 is 0 Å². The van der Waals surface area contributed by atoms with Crippen LogP contribution in [0.3, 0.4) is 0 Å². The third-order valence-corrected chi connectivity index (χ3v) is 4.54. The molecule has 0 saturated heterocycles. The molecule has 0 saturated carbocycles. The van der Waals surface area contributed by atoms with E-state index in [1.54, 1.807) is 11.3 Å². The van der Waals surface area contributed by atoms with Crippen LogP contribution in [-0.4, -0.2) is 14.9 Å². The molecule has 2 rings (SSSR count). The molecule has 3 nitrogen and oxygen atoms in total. The van der Waals surface area contributed by atoms with Crippen molar-refractivity contribution >= 4 is 11.3 Å². The molecule has 0 amide bonds. The van der Waals surface area contributed by atoms with E-state index in [2.05, 4.69) is 24.2 Å². The summed E-state index contributed by atoms with van der Waals surface area (Å²) in [4.78, 5) is 1.04. The first-order chi connectivity index (χ1) is 8.44. The van der Waals surface area contributed by atoms with E-state index in [0.29, 0.717) is 6.42 Å². The average Bonchev–Trinajstić information content (AvgIpc) is 2.86. The van der Waals surface area contributed by atoms with Gasteiger partial charge in [0.05, 0.1) is 5.69 Å². The van der Waals surface area contributed by atoms with Gasteiger partial charge in [0.15, 0.2) is 0 Å². The Bertz CT molecular complexity index is 540. The van der Waals surface area contributed by atoms with Crippen molar-refractivity contribution in [2.24, 2.45) is 7.05 Å². The summed E-state index contributed by atoms with van der Waals surface area (Å²) in [5.41, 5.74) is 2.48. The lowest BCUT2D eigenvalue weighted by Crippen LogP contribution is -2.25. The van der Waals surface area contributed by atoms with E-state index in [4.69, 9.17) is 0 Å². The van der Waals surface area contributed by atoms with E-state index in [9.17, 15) is 5.11 Å². The van der Waals surface area contributed by atoms with Crippen molar-refractivity contribution in [2.45, 2.75) is 39.2 Å². The maximum atomic E-state index is 10.7. The molecule has 2 heterocycles. The Morgan fingerprint density at radius 2 is 2.22 bits per heavy atom. The lowest BCUT2D eigenvalue weighted by molar-refractivity contribution is 0.0589. The molecule has 0 fully saturated rings. The highest BCUT2D eigenvalue weighted by molar-refractivity contribution is 7.10. The lowest BCUT2D eigenvalue weighted by Gasteiger charge is -2.23. The van der Waals surface area contributed by atoms with Crippen LogP contribution in [-0.2, 0) is 25.5 Å². The minimum Gasteiger partial charge on any atom is -0.384 e. The zero-order valence-corrected chi connectivity index (χ0v) is 12.2. The Morgan fingerprint density at radius 1 is 1.50 bits per heavy atom. The Labute approximate surface area is 112 Å². The number of rotatable bonds is 4. The maximum absolute atomic E-state index is 10.7. The van der Waals surface area contributed by atoms with E-state index in [0.717, 1.165) is 28.2 Å². The second kappa shape index (κ2) is 4.86. The molecule has 2 aromatic rings. The summed E-state index contributed by atoms with van der Waals surface area (Å²) < 4.78 is 1.87. The molecular weight excluding hydrogens is 244 g/mol. The minimum absolute atomic E-state index is 0.595. The number of nitrogens with zero attached hydrogens (tertiary/aromatic N) is 2. The summed E-state index contributed by atoms with van der Waals surface area (Å²) in [7, 11) is 1.94. The number of hydrogen-bond acceptors (Lipinski definition) is 3. The van der Waals surface area contributed by atoms with Crippen LogP contribution in [0, 0.1) is 6.92 Å². The van der Waals surface area contributed by atoms with E-state index in [1.807, 2.05) is 31.0 Å². The largest absolute Gasteiger partial charge is 0.384 e. The van der Waals surface area contributed by atoms with Gasteiger partial charge in [0, 0.05) is 24.0 Å². The van der Waals surface area contributed by atoms with Crippen molar-refractivity contribution in [3.05, 3.63) is 39.3 Å². The summed E-state index contributed by atoms with van der Waals surface area (Å²) in [6.45, 7) is 6.01. The molecule has 1 N–H and O–H groups in total. The van der Waals surface area contributed by atoms with Gasteiger partial charge in [0.2, 0.25) is 0 Å². The van der Waals surface area contributed by atoms with Crippen molar-refractivity contribution in [1.29, 1.82) is 0 Å². The summed E-state index contributed by atoms with van der Waals surface area (Å²) in [6.07, 6.45) is 1.52. The number of aryl methyl sites for hydroxylation is 3. The van der Waals surface area contributed by atoms with Gasteiger partial charge in [0.25, 0.3) is 0 Å². The topological polar surface area (TPSA) is 38.0 Å². The fourth-order valence-corrected chi connectivity index (χ4v) is 3.26. The number of thiophene rings is 1. The molecule has 0 radical (unpaired) electrons. The van der Waals surface area contributed by atoms with Crippen LogP contribution >= 0.6 is 11.3 Å². The Balaban J connectivity index is 2.27. The van der Waals surface area contributed by atoms with Crippen LogP contribution in [0.15, 0.2) is 17.5 Å². The molecule has 0 aliphatic heterocycles. The molecule has 1 unspecified atom stereocenters. The van der Waals surface area contributed by atoms with Crippen molar-refractivity contribution in [3.63, 3.8) is 0 Å². The zero-order valence-electron chi connectivity index (χ0n) is 11.4. The molecule has 4 heteroatoms. The highest BCUT2D eigenvalue weighted by Gasteiger charge is 2.28. The van der Waals surface area contributed by atoms with Gasteiger partial charge in [-0.2, -0.15) is 5.10 Å². The highest BCUT2D eigenvalue weighted by Crippen LogP contribution is 2.32. The van der Waals surface area contributed by atoms with E-state index in [-0.39, 0.29) is 0 Å². The quantitative estimate of drug-likeness (QED) is 0.922. The molecule has 0 aliphatic rings. The van der Waals surface area contributed by atoms with Gasteiger partial charge in [-0.1, -0.05) is 6.92 Å². The average molecular weight is 264 g/mol. The first kappa shape index (κ1) is 13.3. The van der Waals surface area contributed by atoms with Crippen LogP contribution in [0.4, 0.5) is 0 Å². The van der Waals surface area contributed by atoms with E-state index in [1.165, 1.54) is 0 Å². The van der Waals surface area contributed by atoms with Gasteiger partial charge in [-0.15, -0.1) is 11.3 Å². The molecule has 0 bridgehead atoms. The molecule has 98 valence electrons. The molecule has 0 aliphatic carbocycles. The predicted octanol–water partition coefficient (Wildman–Crippen LogP) is 2.80. The van der Waals surface area contributed by atoms with Crippen molar-refractivity contribution in [3.8, 4) is 0 Å². The zero-order chi connectivity index (χ0) is 13.3. The molecule has 2 aromatic heterocycles. The van der Waals surface area contributed by atoms with Gasteiger partial charge in [-0.25, -0.2) is 0 Å². The second-order valence-electron chi connectivity index (χ2n) is 4.99. The van der Waals surface area contributed by atoms with Crippen molar-refractivity contribution in [2.75, 3.05) is 0 Å². The minimum atomic E-state index is -0.822. The Morgan fingerprint density at radius 3 is 2.72 bits per heavy atom. The van der Waals surface area contributed by atoms with Crippen LogP contribution in [0.25, 0.3) is 0 Å². The fourth-order valence-electron chi connectivity index (χ4n) is 2.27. The van der Waals surface area contributed by atoms with Crippen molar-refractivity contribution in [1.82, 2.24) is 9.78 Å². The van der Waals surface area contributed by atoms with E-state index >= 15 is 0 Å². The predicted molar refractivity (Wildman–Crippen MR) is 74.9 cm³/mol. The van der Waals surface area contributed by atoms with Gasteiger partial charge < -0.3 is 5.11 Å². The molecule has 1 atom stereocenters. The van der Waals surface area contributed by atoms with Gasteiger partial charge in [-0.05, 0) is 43.3 Å². The molecule has 0 aromatic carbocycles. The molecule has 18 heavy (non-hydrogen) atoms. The summed E-state index contributed by atoms with van der Waals surface area (Å²) >= 11 is 1.61. The van der Waals surface area contributed by atoms with Crippen LogP contribution in [0.5, 0.6) is 0 Å². The van der Waals surface area contributed by atoms with Crippen LogP contribution in [0.2, 0.25) is 0 Å². The molecule has 0 spiro atoms. The number of hydrogen-bond donors (Lipinski definition) is 1. The monoisotopic (exact) mass is 264 g/mol. The third-order valence-electron chi connectivity index (χ3n) is 3.27. The van der Waals surface area contributed by atoms with Crippen LogP contribution < -0.4 is 0 Å². The standard InChI is InChI=1S/C14H20N2OS/c1-5-11-8-12(16(4)15-11)9-14(3,17)13-10(2)6-7-18-13/h6-8,17H,5,9H2,1-4H3. The highest BCUT2D eigenvalue weighted by atomic mass is 32.1. The van der Waals surface area contributed by atoms with E-state index < -0.39 is 5.60 Å². The molecular formula is C14H20N2OS. The number of aliphatic hydroxyl groups is 1. The normalized spacial score (nSPS) is 14.7. The SMILES string of the molecule is CCc1cc(CC(C)(O)c2sccc2C)n(C)n1. The summed E-state index contributed by atoms with van der Waals surface area (Å²) in [5.74, 6) is 0. The maximum Gasteiger partial charge on any atom is 0.102 e. The summed E-state index contributed by atoms with van der Waals surface area (Å²) in [5, 5.41) is 17.1. The third kappa shape index (κ3) is 2.49. The Hall–Kier alpha value is -1.13. The first-order valence-corrected chi connectivity index (χ1v) is 7.10. The van der Waals surface area contributed by atoms with Crippen molar-refractivity contribution < 1.29 is 5.11 Å². The number of aromatic nitrogens is 2. The van der Waals surface area contributed by atoms with Crippen LogP contribution in [0.1, 0.15) is 35.7 Å². The van der Waals surface area contributed by atoms with Gasteiger partial charge in [-0.3, -0.25) is 4.68 Å². The Kier molecular flexibility index (Phi) is 3.59. The fraction of sp³-hybridized carbons (Fsp3) is 0.500. The summed E-state index contributed by atoms with van der Waals surface area (Å²) in [6, 6.07) is 4.13. The second-order valence-corrected chi connectivity index (χ2v) is 5.90.